The number of nitrogens with one attached hydrogen (secondary N) is 2. The van der Waals surface area contributed by atoms with Gasteiger partial charge in [0.1, 0.15) is 6.33 Å². The van der Waals surface area contributed by atoms with E-state index in [0.29, 0.717) is 12.2 Å². The Hall–Kier alpha value is -3.56. The van der Waals surface area contributed by atoms with Gasteiger partial charge in [0.05, 0.1) is 9.85 Å². The standard InChI is InChI=1S/C18H20N6O4/c25-23(26)15-8-4-7-14(11-15)22-18-16(24(27)28)17(20-12-21-18)19-10-9-13-5-2-1-3-6-13/h4-5,7-8,11-12H,1-3,6,9-10H2,(H2,19,20,21,22). The highest BCUT2D eigenvalue weighted by Gasteiger charge is 2.23. The molecule has 0 bridgehead atoms. The van der Waals surface area contributed by atoms with Crippen LogP contribution in [0.5, 0.6) is 0 Å². The second-order valence-corrected chi connectivity index (χ2v) is 6.39. The fourth-order valence-electron chi connectivity index (χ4n) is 3.08. The summed E-state index contributed by atoms with van der Waals surface area (Å²) in [6.45, 7) is 0.528. The third-order valence-electron chi connectivity index (χ3n) is 4.45. The highest BCUT2D eigenvalue weighted by molar-refractivity contribution is 5.74. The molecule has 28 heavy (non-hydrogen) atoms. The third-order valence-corrected chi connectivity index (χ3v) is 4.45. The molecule has 0 amide bonds. The normalized spacial score (nSPS) is 13.5. The lowest BCUT2D eigenvalue weighted by molar-refractivity contribution is -0.384. The molecule has 0 spiro atoms. The van der Waals surface area contributed by atoms with Gasteiger partial charge in [0, 0.05) is 24.4 Å². The molecule has 1 aromatic heterocycles. The zero-order valence-electron chi connectivity index (χ0n) is 15.1. The summed E-state index contributed by atoms with van der Waals surface area (Å²) in [5, 5.41) is 28.3. The molecule has 3 rings (SSSR count). The SMILES string of the molecule is O=[N+]([O-])c1cccc(Nc2ncnc(NCCC3=CCCCC3)c2[N+](=O)[O-])c1. The van der Waals surface area contributed by atoms with Crippen LogP contribution in [0, 0.1) is 20.2 Å². The van der Waals surface area contributed by atoms with E-state index in [-0.39, 0.29) is 23.0 Å². The van der Waals surface area contributed by atoms with E-state index < -0.39 is 9.85 Å². The number of anilines is 3. The van der Waals surface area contributed by atoms with Gasteiger partial charge in [-0.3, -0.25) is 20.2 Å². The largest absolute Gasteiger partial charge is 0.364 e. The first-order valence-electron chi connectivity index (χ1n) is 8.97. The van der Waals surface area contributed by atoms with Gasteiger partial charge < -0.3 is 10.6 Å². The van der Waals surface area contributed by atoms with E-state index in [1.165, 1.54) is 42.9 Å². The quantitative estimate of drug-likeness (QED) is 0.390. The number of non-ortho nitro benzene ring substituents is 1. The predicted octanol–water partition coefficient (Wildman–Crippen LogP) is 4.34. The Kier molecular flexibility index (Phi) is 6.10. The second kappa shape index (κ2) is 8.89. The second-order valence-electron chi connectivity index (χ2n) is 6.39. The van der Waals surface area contributed by atoms with Gasteiger partial charge in [0.2, 0.25) is 11.6 Å². The Morgan fingerprint density at radius 2 is 1.89 bits per heavy atom. The number of aromatic nitrogens is 2. The molecule has 0 unspecified atom stereocenters. The Morgan fingerprint density at radius 1 is 1.07 bits per heavy atom. The van der Waals surface area contributed by atoms with Crippen LogP contribution in [0.2, 0.25) is 0 Å². The molecule has 1 aliphatic rings. The van der Waals surface area contributed by atoms with Crippen LogP contribution in [0.15, 0.2) is 42.2 Å². The number of nitrogens with zero attached hydrogens (tertiary/aromatic N) is 4. The van der Waals surface area contributed by atoms with Gasteiger partial charge in [-0.25, -0.2) is 9.97 Å². The van der Waals surface area contributed by atoms with E-state index in [4.69, 9.17) is 0 Å². The molecule has 1 aromatic carbocycles. The van der Waals surface area contributed by atoms with Crippen LogP contribution >= 0.6 is 0 Å². The van der Waals surface area contributed by atoms with Crippen molar-refractivity contribution in [3.63, 3.8) is 0 Å². The van der Waals surface area contributed by atoms with Gasteiger partial charge in [-0.05, 0) is 38.2 Å². The first-order valence-corrected chi connectivity index (χ1v) is 8.97. The van der Waals surface area contributed by atoms with Crippen molar-refractivity contribution < 1.29 is 9.85 Å². The molecule has 0 fully saturated rings. The van der Waals surface area contributed by atoms with Crippen molar-refractivity contribution >= 4 is 28.7 Å². The van der Waals surface area contributed by atoms with Crippen molar-refractivity contribution in [2.45, 2.75) is 32.1 Å². The van der Waals surface area contributed by atoms with Crippen LogP contribution in [-0.2, 0) is 0 Å². The van der Waals surface area contributed by atoms with Crippen LogP contribution < -0.4 is 10.6 Å². The molecule has 2 aromatic rings. The fraction of sp³-hybridized carbons (Fsp3) is 0.333. The summed E-state index contributed by atoms with van der Waals surface area (Å²) in [5.74, 6) is 0.0872. The molecule has 0 aliphatic heterocycles. The zero-order chi connectivity index (χ0) is 19.9. The first-order chi connectivity index (χ1) is 13.5. The molecule has 146 valence electrons. The highest BCUT2D eigenvalue weighted by Crippen LogP contribution is 2.32. The first kappa shape index (κ1) is 19.2. The fourth-order valence-corrected chi connectivity index (χ4v) is 3.08. The maximum atomic E-state index is 11.6. The van der Waals surface area contributed by atoms with Crippen molar-refractivity contribution in [1.82, 2.24) is 9.97 Å². The maximum absolute atomic E-state index is 11.6. The Morgan fingerprint density at radius 3 is 2.61 bits per heavy atom. The number of nitro groups is 2. The third kappa shape index (κ3) is 4.78. The average Bonchev–Trinajstić information content (AvgIpc) is 2.69. The van der Waals surface area contributed by atoms with Crippen molar-refractivity contribution in [2.24, 2.45) is 0 Å². The van der Waals surface area contributed by atoms with E-state index in [2.05, 4.69) is 26.7 Å². The maximum Gasteiger partial charge on any atom is 0.353 e. The van der Waals surface area contributed by atoms with Crippen LogP contribution in [0.4, 0.5) is 28.7 Å². The highest BCUT2D eigenvalue weighted by atomic mass is 16.6. The van der Waals surface area contributed by atoms with Crippen LogP contribution in [0.3, 0.4) is 0 Å². The molecule has 0 saturated carbocycles. The summed E-state index contributed by atoms with van der Waals surface area (Å²) >= 11 is 0. The summed E-state index contributed by atoms with van der Waals surface area (Å²) in [5.41, 5.74) is 1.26. The molecule has 0 saturated heterocycles. The molecule has 0 radical (unpaired) electrons. The minimum atomic E-state index is -0.568. The molecular weight excluding hydrogens is 364 g/mol. The summed E-state index contributed by atoms with van der Waals surface area (Å²) in [4.78, 5) is 29.4. The number of allylic oxidation sites excluding steroid dienone is 1. The Balaban J connectivity index is 1.77. The zero-order valence-corrected chi connectivity index (χ0v) is 15.1. The summed E-state index contributed by atoms with van der Waals surface area (Å²) in [6, 6.07) is 5.69. The lowest BCUT2D eigenvalue weighted by Gasteiger charge is -2.13. The molecule has 10 heteroatoms. The van der Waals surface area contributed by atoms with Gasteiger partial charge in [-0.2, -0.15) is 0 Å². The van der Waals surface area contributed by atoms with Gasteiger partial charge in [-0.15, -0.1) is 0 Å². The summed E-state index contributed by atoms with van der Waals surface area (Å²) < 4.78 is 0. The lowest BCUT2D eigenvalue weighted by atomic mass is 9.97. The van der Waals surface area contributed by atoms with E-state index in [0.717, 1.165) is 19.3 Å². The molecule has 10 nitrogen and oxygen atoms in total. The number of benzene rings is 1. The van der Waals surface area contributed by atoms with Crippen molar-refractivity contribution in [2.75, 3.05) is 17.2 Å². The number of nitro benzene ring substituents is 1. The molecule has 2 N–H and O–H groups in total. The monoisotopic (exact) mass is 384 g/mol. The molecule has 1 heterocycles. The van der Waals surface area contributed by atoms with Gasteiger partial charge >= 0.3 is 5.69 Å². The van der Waals surface area contributed by atoms with Gasteiger partial charge in [0.15, 0.2) is 0 Å². The topological polar surface area (TPSA) is 136 Å². The number of rotatable bonds is 8. The lowest BCUT2D eigenvalue weighted by Crippen LogP contribution is -2.10. The predicted molar refractivity (Wildman–Crippen MR) is 105 cm³/mol. The summed E-state index contributed by atoms with van der Waals surface area (Å²) in [7, 11) is 0. The van der Waals surface area contributed by atoms with E-state index >= 15 is 0 Å². The van der Waals surface area contributed by atoms with Crippen molar-refractivity contribution in [3.05, 3.63) is 62.5 Å². The van der Waals surface area contributed by atoms with Crippen molar-refractivity contribution in [1.29, 1.82) is 0 Å². The summed E-state index contributed by atoms with van der Waals surface area (Å²) in [6.07, 6.45) is 8.78. The molecule has 1 aliphatic carbocycles. The smallest absolute Gasteiger partial charge is 0.353 e. The Labute approximate surface area is 161 Å². The number of hydrogen-bond acceptors (Lipinski definition) is 8. The molecular formula is C18H20N6O4. The average molecular weight is 384 g/mol. The minimum Gasteiger partial charge on any atom is -0.364 e. The van der Waals surface area contributed by atoms with Gasteiger partial charge in [0.25, 0.3) is 5.69 Å². The minimum absolute atomic E-state index is 0.0279. The van der Waals surface area contributed by atoms with Crippen molar-refractivity contribution in [3.8, 4) is 0 Å². The van der Waals surface area contributed by atoms with E-state index in [1.54, 1.807) is 6.07 Å². The molecule has 0 atom stereocenters. The van der Waals surface area contributed by atoms with Crippen LogP contribution in [0.1, 0.15) is 32.1 Å². The van der Waals surface area contributed by atoms with Crippen LogP contribution in [0.25, 0.3) is 0 Å². The number of hydrogen-bond donors (Lipinski definition) is 2. The Bertz CT molecular complexity index is 915. The van der Waals surface area contributed by atoms with E-state index in [9.17, 15) is 20.2 Å². The van der Waals surface area contributed by atoms with Gasteiger partial charge in [-0.1, -0.05) is 17.7 Å². The van der Waals surface area contributed by atoms with Crippen LogP contribution in [-0.4, -0.2) is 26.4 Å². The van der Waals surface area contributed by atoms with E-state index in [1.807, 2.05) is 0 Å².